The van der Waals surface area contributed by atoms with Crippen molar-refractivity contribution in [1.82, 2.24) is 19.7 Å². The van der Waals surface area contributed by atoms with Crippen LogP contribution >= 0.6 is 0 Å². The largest absolute Gasteiger partial charge is 0.433 e. The molecular weight excluding hydrogens is 442 g/mol. The van der Waals surface area contributed by atoms with E-state index in [9.17, 15) is 39.6 Å². The van der Waals surface area contributed by atoms with Gasteiger partial charge in [0, 0.05) is 11.6 Å². The molecular formula is C16H10F6N4O3S. The molecule has 3 heterocycles. The molecule has 30 heavy (non-hydrogen) atoms. The van der Waals surface area contributed by atoms with Crippen molar-refractivity contribution in [3.05, 3.63) is 52.2 Å². The Kier molecular flexibility index (Phi) is 5.08. The maximum atomic E-state index is 13.0. The SMILES string of the molecule is CCS(=O)(=O)c1cc(C(F)(F)F)cnc1-n1ncc2ccc(C(F)(F)F)nc2c1=O. The number of alkyl halides is 6. The first-order chi connectivity index (χ1) is 13.8. The van der Waals surface area contributed by atoms with Gasteiger partial charge in [0.15, 0.2) is 15.7 Å². The molecule has 0 amide bonds. The van der Waals surface area contributed by atoms with Crippen LogP contribution in [0.25, 0.3) is 16.7 Å². The standard InChI is InChI=1S/C16H10F6N4O3S/c1-2-30(28,29)10-5-9(15(17,18)19)7-23-13(10)26-14(27)12-8(6-24-26)3-4-11(25-12)16(20,21)22/h3-7H,2H2,1H3. The quantitative estimate of drug-likeness (QED) is 0.567. The molecule has 0 aliphatic heterocycles. The highest BCUT2D eigenvalue weighted by Gasteiger charge is 2.35. The number of halogens is 6. The Morgan fingerprint density at radius 2 is 1.70 bits per heavy atom. The molecule has 0 aliphatic rings. The summed E-state index contributed by atoms with van der Waals surface area (Å²) >= 11 is 0. The zero-order valence-electron chi connectivity index (χ0n) is 14.8. The lowest BCUT2D eigenvalue weighted by atomic mass is 10.2. The normalized spacial score (nSPS) is 13.0. The van der Waals surface area contributed by atoms with Gasteiger partial charge in [0.25, 0.3) is 5.56 Å². The van der Waals surface area contributed by atoms with Gasteiger partial charge >= 0.3 is 12.4 Å². The molecule has 0 atom stereocenters. The van der Waals surface area contributed by atoms with Crippen LogP contribution in [0.1, 0.15) is 18.2 Å². The number of fused-ring (bicyclic) bond motifs is 1. The van der Waals surface area contributed by atoms with Crippen LogP contribution in [0.2, 0.25) is 0 Å². The fourth-order valence-corrected chi connectivity index (χ4v) is 3.50. The van der Waals surface area contributed by atoms with E-state index >= 15 is 0 Å². The van der Waals surface area contributed by atoms with Gasteiger partial charge in [0.05, 0.1) is 17.5 Å². The smallest absolute Gasteiger partial charge is 0.265 e. The second-order valence-corrected chi connectivity index (χ2v) is 8.19. The fourth-order valence-electron chi connectivity index (χ4n) is 2.46. The van der Waals surface area contributed by atoms with Gasteiger partial charge in [-0.15, -0.1) is 0 Å². The molecule has 0 aliphatic carbocycles. The Balaban J connectivity index is 2.35. The lowest BCUT2D eigenvalue weighted by Crippen LogP contribution is -2.26. The molecule has 3 aromatic heterocycles. The van der Waals surface area contributed by atoms with Crippen LogP contribution in [0.15, 0.2) is 40.3 Å². The Hall–Kier alpha value is -3.03. The summed E-state index contributed by atoms with van der Waals surface area (Å²) in [5, 5.41) is 3.56. The lowest BCUT2D eigenvalue weighted by Gasteiger charge is -2.13. The van der Waals surface area contributed by atoms with E-state index in [2.05, 4.69) is 15.1 Å². The molecule has 7 nitrogen and oxygen atoms in total. The topological polar surface area (TPSA) is 94.8 Å². The molecule has 0 N–H and O–H groups in total. The molecule has 0 unspecified atom stereocenters. The third kappa shape index (κ3) is 3.86. The monoisotopic (exact) mass is 452 g/mol. The summed E-state index contributed by atoms with van der Waals surface area (Å²) in [5.41, 5.74) is -4.75. The molecule has 3 rings (SSSR count). The zero-order chi connectivity index (χ0) is 22.5. The molecule has 0 spiro atoms. The van der Waals surface area contributed by atoms with Crippen molar-refractivity contribution in [2.24, 2.45) is 0 Å². The summed E-state index contributed by atoms with van der Waals surface area (Å²) in [7, 11) is -4.32. The Bertz CT molecular complexity index is 1300. The van der Waals surface area contributed by atoms with Gasteiger partial charge in [-0.2, -0.15) is 36.1 Å². The van der Waals surface area contributed by atoms with E-state index in [0.717, 1.165) is 19.2 Å². The van der Waals surface area contributed by atoms with Crippen LogP contribution in [0.3, 0.4) is 0 Å². The van der Waals surface area contributed by atoms with Crippen molar-refractivity contribution in [1.29, 1.82) is 0 Å². The summed E-state index contributed by atoms with van der Waals surface area (Å²) in [5.74, 6) is -1.40. The molecule has 0 saturated heterocycles. The van der Waals surface area contributed by atoms with Gasteiger partial charge in [-0.1, -0.05) is 6.92 Å². The van der Waals surface area contributed by atoms with Crippen LogP contribution < -0.4 is 5.56 Å². The van der Waals surface area contributed by atoms with Crippen molar-refractivity contribution in [3.63, 3.8) is 0 Å². The van der Waals surface area contributed by atoms with E-state index in [1.54, 1.807) is 0 Å². The highest BCUT2D eigenvalue weighted by atomic mass is 32.2. The average Bonchev–Trinajstić information content (AvgIpc) is 2.66. The third-order valence-electron chi connectivity index (χ3n) is 4.00. The number of sulfone groups is 1. The molecule has 0 saturated carbocycles. The maximum absolute atomic E-state index is 13.0. The Labute approximate surface area is 163 Å². The van der Waals surface area contributed by atoms with Gasteiger partial charge in [0.1, 0.15) is 16.1 Å². The number of pyridine rings is 2. The number of aromatic nitrogens is 4. The lowest BCUT2D eigenvalue weighted by molar-refractivity contribution is -0.141. The van der Waals surface area contributed by atoms with Crippen molar-refractivity contribution in [2.75, 3.05) is 5.75 Å². The summed E-state index contributed by atoms with van der Waals surface area (Å²) in [6, 6.07) is 1.85. The van der Waals surface area contributed by atoms with Gasteiger partial charge in [-0.3, -0.25) is 4.79 Å². The van der Waals surface area contributed by atoms with Crippen LogP contribution in [0.4, 0.5) is 26.3 Å². The van der Waals surface area contributed by atoms with Crippen LogP contribution in [0.5, 0.6) is 0 Å². The molecule has 160 valence electrons. The van der Waals surface area contributed by atoms with E-state index in [1.165, 1.54) is 0 Å². The minimum atomic E-state index is -4.92. The van der Waals surface area contributed by atoms with Crippen LogP contribution in [-0.4, -0.2) is 33.9 Å². The van der Waals surface area contributed by atoms with Gasteiger partial charge in [0.2, 0.25) is 0 Å². The number of hydrogen-bond donors (Lipinski definition) is 0. The predicted molar refractivity (Wildman–Crippen MR) is 90.7 cm³/mol. The first-order valence-electron chi connectivity index (χ1n) is 8.02. The maximum Gasteiger partial charge on any atom is 0.433 e. The Morgan fingerprint density at radius 3 is 2.27 bits per heavy atom. The number of rotatable bonds is 3. The Morgan fingerprint density at radius 1 is 1.03 bits per heavy atom. The average molecular weight is 452 g/mol. The molecule has 3 aromatic rings. The summed E-state index contributed by atoms with van der Waals surface area (Å²) in [6.45, 7) is 1.16. The van der Waals surface area contributed by atoms with Gasteiger partial charge < -0.3 is 0 Å². The van der Waals surface area contributed by atoms with Gasteiger partial charge in [-0.25, -0.2) is 18.4 Å². The minimum absolute atomic E-state index is 0.0870. The number of hydrogen-bond acceptors (Lipinski definition) is 6. The number of nitrogens with zero attached hydrogens (tertiary/aromatic N) is 4. The summed E-state index contributed by atoms with van der Waals surface area (Å²) < 4.78 is 103. The molecule has 0 bridgehead atoms. The van der Waals surface area contributed by atoms with Crippen LogP contribution in [-0.2, 0) is 22.2 Å². The summed E-state index contributed by atoms with van der Waals surface area (Å²) in [6.07, 6.45) is -8.57. The summed E-state index contributed by atoms with van der Waals surface area (Å²) in [4.78, 5) is 18.4. The van der Waals surface area contributed by atoms with Crippen molar-refractivity contribution in [3.8, 4) is 5.82 Å². The molecule has 0 fully saturated rings. The van der Waals surface area contributed by atoms with E-state index < -0.39 is 61.0 Å². The van der Waals surface area contributed by atoms with E-state index in [-0.39, 0.29) is 5.39 Å². The zero-order valence-corrected chi connectivity index (χ0v) is 15.6. The molecule has 0 aromatic carbocycles. The predicted octanol–water partition coefficient (Wildman–Crippen LogP) is 3.01. The van der Waals surface area contributed by atoms with Crippen molar-refractivity contribution < 1.29 is 34.8 Å². The van der Waals surface area contributed by atoms with Gasteiger partial charge in [-0.05, 0) is 18.2 Å². The first-order valence-corrected chi connectivity index (χ1v) is 9.67. The van der Waals surface area contributed by atoms with Crippen molar-refractivity contribution in [2.45, 2.75) is 24.2 Å². The second kappa shape index (κ2) is 7.04. The van der Waals surface area contributed by atoms with E-state index in [0.29, 0.717) is 23.0 Å². The highest BCUT2D eigenvalue weighted by molar-refractivity contribution is 7.91. The highest BCUT2D eigenvalue weighted by Crippen LogP contribution is 2.32. The molecule has 14 heteroatoms. The minimum Gasteiger partial charge on any atom is -0.265 e. The molecule has 0 radical (unpaired) electrons. The van der Waals surface area contributed by atoms with E-state index in [4.69, 9.17) is 0 Å². The first kappa shape index (κ1) is 21.7. The fraction of sp³-hybridized carbons (Fsp3) is 0.250. The van der Waals surface area contributed by atoms with E-state index in [1.807, 2.05) is 0 Å². The van der Waals surface area contributed by atoms with Crippen molar-refractivity contribution >= 4 is 20.7 Å². The van der Waals surface area contributed by atoms with Crippen LogP contribution in [0, 0.1) is 0 Å². The third-order valence-corrected chi connectivity index (χ3v) is 5.73. The second-order valence-electron chi connectivity index (χ2n) is 5.94.